The van der Waals surface area contributed by atoms with Gasteiger partial charge in [0.1, 0.15) is 17.3 Å². The molecular weight excluding hydrogens is 462 g/mol. The number of aromatic nitrogens is 3. The first-order valence-electron chi connectivity index (χ1n) is 12.3. The number of benzene rings is 1. The number of ketones is 1. The normalized spacial score (nSPS) is 16.9. The molecule has 0 unspecified atom stereocenters. The molecule has 2 aromatic heterocycles. The van der Waals surface area contributed by atoms with Gasteiger partial charge in [-0.1, -0.05) is 6.07 Å². The van der Waals surface area contributed by atoms with Gasteiger partial charge in [-0.2, -0.15) is 0 Å². The first-order valence-corrected chi connectivity index (χ1v) is 12.3. The first-order chi connectivity index (χ1) is 17.3. The van der Waals surface area contributed by atoms with Crippen molar-refractivity contribution < 1.29 is 13.6 Å². The molecular formula is C27H30F2N6O. The van der Waals surface area contributed by atoms with Crippen molar-refractivity contribution in [3.63, 3.8) is 0 Å². The third-order valence-electron chi connectivity index (χ3n) is 7.06. The van der Waals surface area contributed by atoms with E-state index in [1.807, 2.05) is 31.0 Å². The van der Waals surface area contributed by atoms with Crippen LogP contribution in [0.2, 0.25) is 0 Å². The van der Waals surface area contributed by atoms with E-state index >= 15 is 4.39 Å². The summed E-state index contributed by atoms with van der Waals surface area (Å²) in [7, 11) is 2.14. The Morgan fingerprint density at radius 2 is 1.83 bits per heavy atom. The summed E-state index contributed by atoms with van der Waals surface area (Å²) in [6.45, 7) is 6.22. The van der Waals surface area contributed by atoms with E-state index in [-0.39, 0.29) is 36.4 Å². The van der Waals surface area contributed by atoms with E-state index in [9.17, 15) is 9.18 Å². The molecule has 1 saturated heterocycles. The molecule has 0 bridgehead atoms. The summed E-state index contributed by atoms with van der Waals surface area (Å²) in [5, 5.41) is 3.03. The van der Waals surface area contributed by atoms with Crippen molar-refractivity contribution >= 4 is 23.2 Å². The Morgan fingerprint density at radius 3 is 2.53 bits per heavy atom. The zero-order valence-electron chi connectivity index (χ0n) is 20.8. The van der Waals surface area contributed by atoms with Crippen molar-refractivity contribution in [2.24, 2.45) is 0 Å². The number of Topliss-reactive ketones (excluding diaryl/α,β-unsaturated/α-hetero) is 1. The summed E-state index contributed by atoms with van der Waals surface area (Å²) in [6, 6.07) is 6.85. The van der Waals surface area contributed by atoms with Crippen LogP contribution in [-0.2, 0) is 11.2 Å². The van der Waals surface area contributed by atoms with Crippen molar-refractivity contribution in [1.82, 2.24) is 19.9 Å². The zero-order chi connectivity index (χ0) is 25.4. The standard InChI is InChI=1S/C27H30F2N6O/c1-16(2)35-15-20(36)12-21-22(28)10-19(11-24(21)35)26-23(29)14-31-27(33-26)32-25-5-4-18(13-30-25)17-6-8-34(3)9-7-17/h4-5,10-11,13-14,16-17H,6-9,12,15H2,1-3H3,(H,30,31,32,33). The molecule has 0 atom stereocenters. The van der Waals surface area contributed by atoms with E-state index < -0.39 is 11.6 Å². The maximum absolute atomic E-state index is 15.0. The van der Waals surface area contributed by atoms with E-state index in [4.69, 9.17) is 0 Å². The Morgan fingerprint density at radius 1 is 1.06 bits per heavy atom. The average Bonchev–Trinajstić information content (AvgIpc) is 2.86. The summed E-state index contributed by atoms with van der Waals surface area (Å²) >= 11 is 0. The Labute approximate surface area is 209 Å². The Kier molecular flexibility index (Phi) is 6.66. The maximum Gasteiger partial charge on any atom is 0.229 e. The Hall–Kier alpha value is -3.46. The molecule has 1 fully saturated rings. The monoisotopic (exact) mass is 492 g/mol. The summed E-state index contributed by atoms with van der Waals surface area (Å²) in [4.78, 5) is 29.2. The molecule has 0 aliphatic carbocycles. The van der Waals surface area contributed by atoms with Gasteiger partial charge in [-0.15, -0.1) is 0 Å². The van der Waals surface area contributed by atoms with E-state index in [0.29, 0.717) is 28.6 Å². The van der Waals surface area contributed by atoms with E-state index in [0.717, 1.165) is 32.1 Å². The number of halogens is 2. The lowest BCUT2D eigenvalue weighted by atomic mass is 9.91. The number of pyridine rings is 1. The Balaban J connectivity index is 1.40. The number of nitrogens with one attached hydrogen (secondary N) is 1. The molecule has 2 aliphatic heterocycles. The van der Waals surface area contributed by atoms with Crippen LogP contribution >= 0.6 is 0 Å². The average molecular weight is 493 g/mol. The van der Waals surface area contributed by atoms with Crippen LogP contribution in [0.15, 0.2) is 36.7 Å². The fourth-order valence-corrected chi connectivity index (χ4v) is 4.99. The minimum absolute atomic E-state index is 0.0151. The van der Waals surface area contributed by atoms with Crippen molar-refractivity contribution in [1.29, 1.82) is 0 Å². The number of rotatable bonds is 5. The van der Waals surface area contributed by atoms with Gasteiger partial charge in [0.2, 0.25) is 5.95 Å². The molecule has 1 N–H and O–H groups in total. The minimum atomic E-state index is -0.659. The highest BCUT2D eigenvalue weighted by Gasteiger charge is 2.28. The highest BCUT2D eigenvalue weighted by Crippen LogP contribution is 2.35. The molecule has 2 aliphatic rings. The number of carbonyl (C=O) groups excluding carboxylic acids is 1. The van der Waals surface area contributed by atoms with Gasteiger partial charge in [0.15, 0.2) is 11.6 Å². The lowest BCUT2D eigenvalue weighted by Gasteiger charge is -2.34. The summed E-state index contributed by atoms with van der Waals surface area (Å²) in [5.74, 6) is -0.0356. The number of nitrogens with zero attached hydrogens (tertiary/aromatic N) is 5. The number of likely N-dealkylation sites (tertiary alicyclic amines) is 1. The second-order valence-corrected chi connectivity index (χ2v) is 9.96. The van der Waals surface area contributed by atoms with Gasteiger partial charge in [-0.3, -0.25) is 4.79 Å². The van der Waals surface area contributed by atoms with E-state index in [1.54, 1.807) is 6.07 Å². The van der Waals surface area contributed by atoms with Crippen LogP contribution in [0.1, 0.15) is 43.7 Å². The molecule has 5 rings (SSSR count). The van der Waals surface area contributed by atoms with Crippen molar-refractivity contribution in [2.75, 3.05) is 36.9 Å². The number of fused-ring (bicyclic) bond motifs is 1. The Bertz CT molecular complexity index is 1270. The largest absolute Gasteiger partial charge is 0.361 e. The van der Waals surface area contributed by atoms with Crippen LogP contribution in [0.25, 0.3) is 11.3 Å². The first kappa shape index (κ1) is 24.2. The smallest absolute Gasteiger partial charge is 0.229 e. The second-order valence-electron chi connectivity index (χ2n) is 9.96. The highest BCUT2D eigenvalue weighted by atomic mass is 19.1. The summed E-state index contributed by atoms with van der Waals surface area (Å²) in [5.41, 5.74) is 2.41. The lowest BCUT2D eigenvalue weighted by Crippen LogP contribution is -2.40. The second kappa shape index (κ2) is 9.89. The predicted octanol–water partition coefficient (Wildman–Crippen LogP) is 4.71. The van der Waals surface area contributed by atoms with Gasteiger partial charge in [-0.25, -0.2) is 23.7 Å². The third-order valence-corrected chi connectivity index (χ3v) is 7.06. The number of anilines is 3. The van der Waals surface area contributed by atoms with Gasteiger partial charge in [0.25, 0.3) is 0 Å². The zero-order valence-corrected chi connectivity index (χ0v) is 20.8. The molecule has 1 aromatic carbocycles. The highest BCUT2D eigenvalue weighted by molar-refractivity contribution is 5.91. The molecule has 4 heterocycles. The molecule has 7 nitrogen and oxygen atoms in total. The predicted molar refractivity (Wildman–Crippen MR) is 136 cm³/mol. The molecule has 0 amide bonds. The topological polar surface area (TPSA) is 74.2 Å². The van der Waals surface area contributed by atoms with Crippen LogP contribution in [0, 0.1) is 11.6 Å². The van der Waals surface area contributed by atoms with Gasteiger partial charge in [-0.05, 0) is 76.5 Å². The lowest BCUT2D eigenvalue weighted by molar-refractivity contribution is -0.117. The van der Waals surface area contributed by atoms with Crippen molar-refractivity contribution in [2.45, 2.75) is 45.1 Å². The SMILES string of the molecule is CC(C)N1CC(=O)Cc2c(F)cc(-c3nc(Nc4ccc(C5CCN(C)CC5)cn4)ncc3F)cc21. The maximum atomic E-state index is 15.0. The van der Waals surface area contributed by atoms with Crippen LogP contribution in [0.3, 0.4) is 0 Å². The summed E-state index contributed by atoms with van der Waals surface area (Å²) in [6.07, 6.45) is 5.18. The van der Waals surface area contributed by atoms with Gasteiger partial charge in [0.05, 0.1) is 12.7 Å². The number of hydrogen-bond acceptors (Lipinski definition) is 7. The fraction of sp³-hybridized carbons (Fsp3) is 0.407. The van der Waals surface area contributed by atoms with Gasteiger partial charge < -0.3 is 15.1 Å². The molecule has 0 spiro atoms. The van der Waals surface area contributed by atoms with E-state index in [2.05, 4.69) is 38.3 Å². The number of hydrogen-bond donors (Lipinski definition) is 1. The number of carbonyl (C=O) groups is 1. The third kappa shape index (κ3) is 4.93. The molecule has 0 saturated carbocycles. The molecule has 9 heteroatoms. The van der Waals surface area contributed by atoms with Gasteiger partial charge in [0, 0.05) is 35.5 Å². The van der Waals surface area contributed by atoms with Crippen LogP contribution in [0.5, 0.6) is 0 Å². The summed E-state index contributed by atoms with van der Waals surface area (Å²) < 4.78 is 29.8. The minimum Gasteiger partial charge on any atom is -0.361 e. The quantitative estimate of drug-likeness (QED) is 0.553. The van der Waals surface area contributed by atoms with Gasteiger partial charge >= 0.3 is 0 Å². The van der Waals surface area contributed by atoms with E-state index in [1.165, 1.54) is 11.6 Å². The molecule has 188 valence electrons. The fourth-order valence-electron chi connectivity index (χ4n) is 4.99. The van der Waals surface area contributed by atoms with Crippen LogP contribution in [0.4, 0.5) is 26.2 Å². The van der Waals surface area contributed by atoms with Crippen LogP contribution < -0.4 is 10.2 Å². The van der Waals surface area contributed by atoms with Crippen molar-refractivity contribution in [3.8, 4) is 11.3 Å². The van der Waals surface area contributed by atoms with Crippen molar-refractivity contribution in [3.05, 3.63) is 59.4 Å². The molecule has 36 heavy (non-hydrogen) atoms. The molecule has 3 aromatic rings. The number of piperidine rings is 1. The molecule has 0 radical (unpaired) electrons. The van der Waals surface area contributed by atoms with Crippen LogP contribution in [-0.4, -0.2) is 58.4 Å².